The minimum atomic E-state index is -0.538. The molecule has 2 rings (SSSR count). The smallest absolute Gasteiger partial charge is 0.161 e. The van der Waals surface area contributed by atoms with Gasteiger partial charge >= 0.3 is 0 Å². The van der Waals surface area contributed by atoms with Gasteiger partial charge in [0.1, 0.15) is 5.82 Å². The van der Waals surface area contributed by atoms with E-state index in [4.69, 9.17) is 21.1 Å². The van der Waals surface area contributed by atoms with Crippen LogP contribution in [0.15, 0.2) is 39.3 Å². The number of hydrogen-bond acceptors (Lipinski definition) is 2. The van der Waals surface area contributed by atoms with Crippen molar-refractivity contribution in [2.45, 2.75) is 5.38 Å². The molecule has 21 heavy (non-hydrogen) atoms. The van der Waals surface area contributed by atoms with E-state index in [2.05, 4.69) is 31.9 Å². The highest BCUT2D eigenvalue weighted by Crippen LogP contribution is 2.42. The van der Waals surface area contributed by atoms with Crippen LogP contribution in [0.1, 0.15) is 16.5 Å². The van der Waals surface area contributed by atoms with Crippen molar-refractivity contribution >= 4 is 43.5 Å². The van der Waals surface area contributed by atoms with Crippen molar-refractivity contribution in [1.82, 2.24) is 0 Å². The topological polar surface area (TPSA) is 18.5 Å². The number of rotatable bonds is 4. The predicted octanol–water partition coefficient (Wildman–Crippen LogP) is 5.70. The molecule has 0 bridgehead atoms. The highest BCUT2D eigenvalue weighted by Gasteiger charge is 2.21. The lowest BCUT2D eigenvalue weighted by molar-refractivity contribution is 0.354. The molecule has 0 aromatic heterocycles. The highest BCUT2D eigenvalue weighted by molar-refractivity contribution is 9.10. The maximum atomic E-state index is 13.7. The van der Waals surface area contributed by atoms with Gasteiger partial charge in [0.15, 0.2) is 11.5 Å². The molecule has 1 unspecified atom stereocenters. The molecule has 0 radical (unpaired) electrons. The average molecular weight is 439 g/mol. The molecule has 2 aromatic rings. The first kappa shape index (κ1) is 16.6. The number of ether oxygens (including phenoxy) is 2. The maximum Gasteiger partial charge on any atom is 0.161 e. The van der Waals surface area contributed by atoms with Crippen LogP contribution < -0.4 is 9.47 Å². The zero-order valence-corrected chi connectivity index (χ0v) is 15.2. The van der Waals surface area contributed by atoms with Gasteiger partial charge < -0.3 is 9.47 Å². The Labute approximate surface area is 144 Å². The van der Waals surface area contributed by atoms with Gasteiger partial charge in [0.25, 0.3) is 0 Å². The molecular formula is C15H12Br2ClFO2. The summed E-state index contributed by atoms with van der Waals surface area (Å²) in [6.45, 7) is 0. The summed E-state index contributed by atoms with van der Waals surface area (Å²) in [5.41, 5.74) is 1.41. The second kappa shape index (κ2) is 6.99. The Morgan fingerprint density at radius 2 is 1.67 bits per heavy atom. The van der Waals surface area contributed by atoms with E-state index >= 15 is 0 Å². The Kier molecular flexibility index (Phi) is 5.52. The number of alkyl halides is 1. The van der Waals surface area contributed by atoms with E-state index in [1.54, 1.807) is 38.5 Å². The molecule has 0 aliphatic carbocycles. The number of benzene rings is 2. The summed E-state index contributed by atoms with van der Waals surface area (Å²) in [7, 11) is 3.11. The molecule has 2 aromatic carbocycles. The van der Waals surface area contributed by atoms with Crippen molar-refractivity contribution < 1.29 is 13.9 Å². The number of hydrogen-bond donors (Lipinski definition) is 0. The first-order valence-corrected chi connectivity index (χ1v) is 8.01. The van der Waals surface area contributed by atoms with Gasteiger partial charge in [0.05, 0.1) is 24.1 Å². The van der Waals surface area contributed by atoms with Gasteiger partial charge in [-0.1, -0.05) is 28.1 Å². The van der Waals surface area contributed by atoms with Crippen LogP contribution in [0.25, 0.3) is 0 Å². The van der Waals surface area contributed by atoms with Gasteiger partial charge in [-0.3, -0.25) is 0 Å². The highest BCUT2D eigenvalue weighted by atomic mass is 79.9. The molecular weight excluding hydrogens is 426 g/mol. The van der Waals surface area contributed by atoms with Crippen LogP contribution in [0, 0.1) is 5.82 Å². The minimum Gasteiger partial charge on any atom is -0.493 e. The molecule has 0 fully saturated rings. The third kappa shape index (κ3) is 3.35. The van der Waals surface area contributed by atoms with Gasteiger partial charge in [-0.05, 0) is 45.3 Å². The summed E-state index contributed by atoms with van der Waals surface area (Å²) in [5.74, 6) is 0.805. The Morgan fingerprint density at radius 3 is 2.29 bits per heavy atom. The summed E-state index contributed by atoms with van der Waals surface area (Å²) in [6.07, 6.45) is 0. The molecule has 0 spiro atoms. The van der Waals surface area contributed by atoms with Crippen molar-refractivity contribution in [1.29, 1.82) is 0 Å². The molecule has 0 aliphatic rings. The van der Waals surface area contributed by atoms with Crippen molar-refractivity contribution in [2.24, 2.45) is 0 Å². The van der Waals surface area contributed by atoms with Crippen LogP contribution in [0.4, 0.5) is 4.39 Å². The maximum absolute atomic E-state index is 13.7. The minimum absolute atomic E-state index is 0.352. The van der Waals surface area contributed by atoms with Gasteiger partial charge in [0.2, 0.25) is 0 Å². The quantitative estimate of drug-likeness (QED) is 0.571. The van der Waals surface area contributed by atoms with Crippen LogP contribution >= 0.6 is 43.5 Å². The molecule has 0 saturated carbocycles. The lowest BCUT2D eigenvalue weighted by Crippen LogP contribution is -2.00. The summed E-state index contributed by atoms with van der Waals surface area (Å²) < 4.78 is 25.3. The Morgan fingerprint density at radius 1 is 1.05 bits per heavy atom. The third-order valence-corrected chi connectivity index (χ3v) is 5.02. The molecule has 0 heterocycles. The van der Waals surface area contributed by atoms with Crippen molar-refractivity contribution in [2.75, 3.05) is 14.2 Å². The second-order valence-electron chi connectivity index (χ2n) is 4.23. The first-order valence-electron chi connectivity index (χ1n) is 5.99. The van der Waals surface area contributed by atoms with E-state index in [9.17, 15) is 4.39 Å². The standard InChI is InChI=1S/C15H12Br2ClFO2/c1-20-12-6-9(10(16)7-13(12)21-2)15(18)8-4-3-5-11(19)14(8)17/h3-7,15H,1-2H3. The summed E-state index contributed by atoms with van der Waals surface area (Å²) >= 11 is 13.2. The zero-order valence-electron chi connectivity index (χ0n) is 11.3. The molecule has 0 saturated heterocycles. The SMILES string of the molecule is COc1cc(Br)c(C(Cl)c2cccc(F)c2Br)cc1OC. The molecule has 0 amide bonds. The largest absolute Gasteiger partial charge is 0.493 e. The van der Waals surface area contributed by atoms with Crippen LogP contribution in [-0.4, -0.2) is 14.2 Å². The van der Waals surface area contributed by atoms with Gasteiger partial charge in [-0.15, -0.1) is 11.6 Å². The molecule has 2 nitrogen and oxygen atoms in total. The van der Waals surface area contributed by atoms with E-state index in [1.165, 1.54) is 6.07 Å². The molecule has 112 valence electrons. The van der Waals surface area contributed by atoms with Gasteiger partial charge in [-0.2, -0.15) is 0 Å². The second-order valence-corrected chi connectivity index (χ2v) is 6.32. The zero-order chi connectivity index (χ0) is 15.6. The van der Waals surface area contributed by atoms with Gasteiger partial charge in [-0.25, -0.2) is 4.39 Å². The fourth-order valence-corrected chi connectivity index (χ4v) is 3.62. The third-order valence-electron chi connectivity index (χ3n) is 3.03. The van der Waals surface area contributed by atoms with E-state index in [0.29, 0.717) is 21.5 Å². The van der Waals surface area contributed by atoms with Gasteiger partial charge in [0, 0.05) is 4.47 Å². The normalized spacial score (nSPS) is 12.1. The summed E-state index contributed by atoms with van der Waals surface area (Å²) in [4.78, 5) is 0. The molecule has 1 atom stereocenters. The number of methoxy groups -OCH3 is 2. The van der Waals surface area contributed by atoms with Crippen LogP contribution in [0.2, 0.25) is 0 Å². The van der Waals surface area contributed by atoms with Crippen LogP contribution in [0.3, 0.4) is 0 Å². The van der Waals surface area contributed by atoms with Crippen molar-refractivity contribution in [3.8, 4) is 11.5 Å². The fraction of sp³-hybridized carbons (Fsp3) is 0.200. The van der Waals surface area contributed by atoms with Crippen LogP contribution in [-0.2, 0) is 0 Å². The Hall–Kier alpha value is -0.780. The van der Waals surface area contributed by atoms with E-state index < -0.39 is 5.38 Å². The summed E-state index contributed by atoms with van der Waals surface area (Å²) in [6, 6.07) is 8.32. The molecule has 0 N–H and O–H groups in total. The summed E-state index contributed by atoms with van der Waals surface area (Å²) in [5, 5.41) is -0.538. The number of halogens is 4. The fourth-order valence-electron chi connectivity index (χ4n) is 1.95. The van der Waals surface area contributed by atoms with Crippen molar-refractivity contribution in [3.05, 3.63) is 56.2 Å². The molecule has 6 heteroatoms. The van der Waals surface area contributed by atoms with Crippen molar-refractivity contribution in [3.63, 3.8) is 0 Å². The molecule has 0 aliphatic heterocycles. The van der Waals surface area contributed by atoms with E-state index in [1.807, 2.05) is 0 Å². The lowest BCUT2D eigenvalue weighted by Gasteiger charge is -2.17. The lowest BCUT2D eigenvalue weighted by atomic mass is 10.0. The Balaban J connectivity index is 2.53. The first-order chi connectivity index (χ1) is 9.99. The monoisotopic (exact) mass is 436 g/mol. The van der Waals surface area contributed by atoms with E-state index in [0.717, 1.165) is 10.0 Å². The average Bonchev–Trinajstić information content (AvgIpc) is 2.49. The Bertz CT molecular complexity index is 664. The van der Waals surface area contributed by atoms with Crippen LogP contribution in [0.5, 0.6) is 11.5 Å². The van der Waals surface area contributed by atoms with E-state index in [-0.39, 0.29) is 5.82 Å². The predicted molar refractivity (Wildman–Crippen MR) is 89.0 cm³/mol.